The summed E-state index contributed by atoms with van der Waals surface area (Å²) in [7, 11) is 0. The number of aromatic nitrogens is 3. The second kappa shape index (κ2) is 8.62. The SMILES string of the molecule is O=C(O)c1ccc(NC(=O)[C@H](CC2CCCCC2)n2cnc(C(F)(F)F)c2)nc1. The van der Waals surface area contributed by atoms with Gasteiger partial charge in [-0.2, -0.15) is 13.2 Å². The van der Waals surface area contributed by atoms with Gasteiger partial charge in [-0.25, -0.2) is 14.8 Å². The summed E-state index contributed by atoms with van der Waals surface area (Å²) in [6.45, 7) is 0. The first-order valence-corrected chi connectivity index (χ1v) is 9.35. The number of rotatable bonds is 6. The van der Waals surface area contributed by atoms with Crippen molar-refractivity contribution >= 4 is 17.7 Å². The maximum Gasteiger partial charge on any atom is 0.434 e. The van der Waals surface area contributed by atoms with E-state index in [4.69, 9.17) is 5.11 Å². The molecule has 1 aliphatic rings. The molecule has 1 atom stereocenters. The zero-order valence-electron chi connectivity index (χ0n) is 15.5. The summed E-state index contributed by atoms with van der Waals surface area (Å²) < 4.78 is 40.0. The van der Waals surface area contributed by atoms with Crippen molar-refractivity contribution in [3.8, 4) is 0 Å². The second-order valence-corrected chi connectivity index (χ2v) is 7.19. The van der Waals surface area contributed by atoms with Crippen molar-refractivity contribution in [1.82, 2.24) is 14.5 Å². The topological polar surface area (TPSA) is 97.1 Å². The Morgan fingerprint density at radius 3 is 2.48 bits per heavy atom. The molecule has 1 fully saturated rings. The Hall–Kier alpha value is -2.91. The maximum absolute atomic E-state index is 12.9. The van der Waals surface area contributed by atoms with E-state index >= 15 is 0 Å². The zero-order chi connectivity index (χ0) is 21.0. The van der Waals surface area contributed by atoms with Gasteiger partial charge in [0.15, 0.2) is 5.69 Å². The molecule has 0 spiro atoms. The second-order valence-electron chi connectivity index (χ2n) is 7.19. The summed E-state index contributed by atoms with van der Waals surface area (Å²) in [4.78, 5) is 31.1. The van der Waals surface area contributed by atoms with Crippen molar-refractivity contribution < 1.29 is 27.9 Å². The minimum atomic E-state index is -4.59. The molecular formula is C19H21F3N4O3. The number of halogens is 3. The number of hydrogen-bond donors (Lipinski definition) is 2. The van der Waals surface area contributed by atoms with Crippen molar-refractivity contribution in [2.75, 3.05) is 5.32 Å². The molecule has 7 nitrogen and oxygen atoms in total. The van der Waals surface area contributed by atoms with Gasteiger partial charge in [0.2, 0.25) is 5.91 Å². The Bertz CT molecular complexity index is 858. The van der Waals surface area contributed by atoms with E-state index in [2.05, 4.69) is 15.3 Å². The molecule has 0 aliphatic heterocycles. The summed E-state index contributed by atoms with van der Waals surface area (Å²) in [5.41, 5.74) is -1.09. The highest BCUT2D eigenvalue weighted by molar-refractivity contribution is 5.93. The third kappa shape index (κ3) is 5.33. The van der Waals surface area contributed by atoms with Crippen LogP contribution in [-0.4, -0.2) is 31.5 Å². The van der Waals surface area contributed by atoms with Gasteiger partial charge >= 0.3 is 12.1 Å². The van der Waals surface area contributed by atoms with E-state index in [1.165, 1.54) is 16.7 Å². The Morgan fingerprint density at radius 1 is 1.21 bits per heavy atom. The lowest BCUT2D eigenvalue weighted by Gasteiger charge is -2.26. The van der Waals surface area contributed by atoms with Crippen molar-refractivity contribution in [2.24, 2.45) is 5.92 Å². The number of carbonyl (C=O) groups is 2. The van der Waals surface area contributed by atoms with Crippen molar-refractivity contribution in [1.29, 1.82) is 0 Å². The van der Waals surface area contributed by atoms with Gasteiger partial charge in [-0.15, -0.1) is 0 Å². The molecule has 1 aliphatic carbocycles. The molecule has 3 rings (SSSR count). The number of alkyl halides is 3. The zero-order valence-corrected chi connectivity index (χ0v) is 15.5. The maximum atomic E-state index is 12.9. The first-order chi connectivity index (χ1) is 13.7. The molecule has 2 N–H and O–H groups in total. The Morgan fingerprint density at radius 2 is 1.93 bits per heavy atom. The smallest absolute Gasteiger partial charge is 0.434 e. The summed E-state index contributed by atoms with van der Waals surface area (Å²) in [5, 5.41) is 11.5. The molecule has 1 saturated carbocycles. The fourth-order valence-electron chi connectivity index (χ4n) is 3.56. The molecule has 0 unspecified atom stereocenters. The van der Waals surface area contributed by atoms with Gasteiger partial charge in [-0.05, 0) is 24.5 Å². The number of carboxylic acids is 1. The van der Waals surface area contributed by atoms with Crippen LogP contribution in [-0.2, 0) is 11.0 Å². The van der Waals surface area contributed by atoms with Gasteiger partial charge in [0.25, 0.3) is 0 Å². The van der Waals surface area contributed by atoms with E-state index in [1.807, 2.05) is 0 Å². The van der Waals surface area contributed by atoms with E-state index in [0.717, 1.165) is 50.8 Å². The number of aromatic carboxylic acids is 1. The van der Waals surface area contributed by atoms with Crippen molar-refractivity contribution in [3.63, 3.8) is 0 Å². The van der Waals surface area contributed by atoms with Crippen LogP contribution >= 0.6 is 0 Å². The predicted molar refractivity (Wildman–Crippen MR) is 97.3 cm³/mol. The van der Waals surface area contributed by atoms with Crippen LogP contribution in [0.4, 0.5) is 19.0 Å². The van der Waals surface area contributed by atoms with Gasteiger partial charge in [-0.3, -0.25) is 4.79 Å². The number of nitrogens with one attached hydrogen (secondary N) is 1. The molecule has 10 heteroatoms. The number of pyridine rings is 1. The highest BCUT2D eigenvalue weighted by Crippen LogP contribution is 2.33. The number of nitrogens with zero attached hydrogens (tertiary/aromatic N) is 3. The number of amides is 1. The minimum Gasteiger partial charge on any atom is -0.478 e. The largest absolute Gasteiger partial charge is 0.478 e. The van der Waals surface area contributed by atoms with Crippen LogP contribution < -0.4 is 5.32 Å². The molecule has 0 aromatic carbocycles. The third-order valence-electron chi connectivity index (χ3n) is 5.10. The van der Waals surface area contributed by atoms with Crippen LogP contribution in [0.15, 0.2) is 30.9 Å². The average Bonchev–Trinajstić information content (AvgIpc) is 3.17. The van der Waals surface area contributed by atoms with Gasteiger partial charge in [0.05, 0.1) is 11.9 Å². The lowest BCUT2D eigenvalue weighted by molar-refractivity contribution is -0.141. The fourth-order valence-corrected chi connectivity index (χ4v) is 3.56. The van der Waals surface area contributed by atoms with Crippen molar-refractivity contribution in [3.05, 3.63) is 42.1 Å². The standard InChI is InChI=1S/C19H21F3N4O3/c20-19(21,22)15-10-26(11-24-15)14(8-12-4-2-1-3-5-12)17(27)25-16-7-6-13(9-23-16)18(28)29/h6-7,9-12,14H,1-5,8H2,(H,28,29)(H,23,25,27)/t14-/m0/s1. The monoisotopic (exact) mass is 410 g/mol. The molecule has 1 amide bonds. The highest BCUT2D eigenvalue weighted by Gasteiger charge is 2.35. The summed E-state index contributed by atoms with van der Waals surface area (Å²) in [6.07, 6.45) is 3.82. The van der Waals surface area contributed by atoms with Gasteiger partial charge in [0.1, 0.15) is 11.9 Å². The minimum absolute atomic E-state index is 0.0359. The molecule has 0 saturated heterocycles. The average molecular weight is 410 g/mol. The van der Waals surface area contributed by atoms with E-state index in [-0.39, 0.29) is 17.3 Å². The summed E-state index contributed by atoms with van der Waals surface area (Å²) in [5.74, 6) is -1.30. The molecule has 2 heterocycles. The third-order valence-corrected chi connectivity index (χ3v) is 5.10. The van der Waals surface area contributed by atoms with E-state index in [9.17, 15) is 22.8 Å². The van der Waals surface area contributed by atoms with Crippen LogP contribution in [0.5, 0.6) is 0 Å². The molecule has 2 aromatic heterocycles. The van der Waals surface area contributed by atoms with Crippen LogP contribution in [0, 0.1) is 5.92 Å². The fraction of sp³-hybridized carbons (Fsp3) is 0.474. The number of carbonyl (C=O) groups excluding carboxylic acids is 1. The van der Waals surface area contributed by atoms with Crippen LogP contribution in [0.3, 0.4) is 0 Å². The summed E-state index contributed by atoms with van der Waals surface area (Å²) in [6, 6.07) is 1.76. The van der Waals surface area contributed by atoms with Crippen molar-refractivity contribution in [2.45, 2.75) is 50.7 Å². The molecule has 156 valence electrons. The molecular weight excluding hydrogens is 389 g/mol. The predicted octanol–water partition coefficient (Wildman–Crippen LogP) is 4.15. The van der Waals surface area contributed by atoms with Crippen LogP contribution in [0.25, 0.3) is 0 Å². The first-order valence-electron chi connectivity index (χ1n) is 9.35. The molecule has 2 aromatic rings. The molecule has 0 bridgehead atoms. The first kappa shape index (κ1) is 20.8. The quantitative estimate of drug-likeness (QED) is 0.746. The Balaban J connectivity index is 1.80. The summed E-state index contributed by atoms with van der Waals surface area (Å²) >= 11 is 0. The lowest BCUT2D eigenvalue weighted by Crippen LogP contribution is -2.28. The lowest BCUT2D eigenvalue weighted by atomic mass is 9.84. The molecule has 29 heavy (non-hydrogen) atoms. The van der Waals surface area contributed by atoms with Gasteiger partial charge in [-0.1, -0.05) is 32.1 Å². The van der Waals surface area contributed by atoms with Crippen LogP contribution in [0.2, 0.25) is 0 Å². The van der Waals surface area contributed by atoms with E-state index < -0.39 is 29.8 Å². The normalized spacial score (nSPS) is 16.4. The van der Waals surface area contributed by atoms with E-state index in [1.54, 1.807) is 0 Å². The number of anilines is 1. The highest BCUT2D eigenvalue weighted by atomic mass is 19.4. The molecule has 0 radical (unpaired) electrons. The Labute approximate surface area is 165 Å². The van der Waals surface area contributed by atoms with Gasteiger partial charge in [0, 0.05) is 12.4 Å². The number of hydrogen-bond acceptors (Lipinski definition) is 4. The van der Waals surface area contributed by atoms with E-state index in [0.29, 0.717) is 6.42 Å². The Kier molecular flexibility index (Phi) is 6.19. The van der Waals surface area contributed by atoms with Gasteiger partial charge < -0.3 is 15.0 Å². The van der Waals surface area contributed by atoms with Crippen LogP contribution in [0.1, 0.15) is 60.6 Å². The number of carboxylic acid groups (broad SMARTS) is 1. The number of imidazole rings is 1.